The third kappa shape index (κ3) is 4.00. The summed E-state index contributed by atoms with van der Waals surface area (Å²) in [5.74, 6) is 1.61. The van der Waals surface area contributed by atoms with Crippen LogP contribution in [0.5, 0.6) is 11.5 Å². The molecule has 1 aliphatic heterocycles. The van der Waals surface area contributed by atoms with Crippen molar-refractivity contribution in [2.24, 2.45) is 0 Å². The van der Waals surface area contributed by atoms with E-state index in [1.54, 1.807) is 0 Å². The van der Waals surface area contributed by atoms with E-state index in [1.807, 2.05) is 6.07 Å². The number of ether oxygens (including phenoxy) is 1. The number of nitrogens with zero attached hydrogens (tertiary/aromatic N) is 3. The Bertz CT molecular complexity index is 2010. The highest BCUT2D eigenvalue weighted by Gasteiger charge is 2.27. The summed E-state index contributed by atoms with van der Waals surface area (Å²) in [6.07, 6.45) is 0. The van der Waals surface area contributed by atoms with Gasteiger partial charge in [0.25, 0.3) is 0 Å². The maximum Gasteiger partial charge on any atom is 0.129 e. The molecule has 0 saturated carbocycles. The van der Waals surface area contributed by atoms with Gasteiger partial charge in [-0.15, -0.1) is 0 Å². The van der Waals surface area contributed by atoms with Gasteiger partial charge in [0, 0.05) is 40.0 Å². The van der Waals surface area contributed by atoms with E-state index < -0.39 is 0 Å². The predicted octanol–water partition coefficient (Wildman–Crippen LogP) is 9.82. The molecule has 0 fully saturated rings. The molecule has 0 radical (unpaired) electrons. The average molecular weight is 530 g/mol. The van der Waals surface area contributed by atoms with Crippen molar-refractivity contribution < 1.29 is 4.74 Å². The van der Waals surface area contributed by atoms with Crippen LogP contribution in [0.2, 0.25) is 0 Å². The zero-order valence-electron chi connectivity index (χ0n) is 22.4. The van der Waals surface area contributed by atoms with Crippen LogP contribution in [0.25, 0.3) is 27.5 Å². The van der Waals surface area contributed by atoms with Gasteiger partial charge in [-0.3, -0.25) is 0 Å². The highest BCUT2D eigenvalue weighted by molar-refractivity contribution is 6.09. The summed E-state index contributed by atoms with van der Waals surface area (Å²) in [4.78, 5) is 4.69. The van der Waals surface area contributed by atoms with Crippen molar-refractivity contribution in [2.45, 2.75) is 0 Å². The Morgan fingerprint density at radius 2 is 1.00 bits per heavy atom. The highest BCUT2D eigenvalue weighted by Crippen LogP contribution is 2.44. The van der Waals surface area contributed by atoms with Gasteiger partial charge in [0.2, 0.25) is 0 Å². The maximum atomic E-state index is 6.52. The zero-order chi connectivity index (χ0) is 27.2. The number of fused-ring (bicyclic) bond motifs is 4. The molecule has 0 amide bonds. The molecule has 8 rings (SSSR count). The zero-order valence-corrected chi connectivity index (χ0v) is 22.4. The lowest BCUT2D eigenvalue weighted by Gasteiger charge is -2.22. The lowest BCUT2D eigenvalue weighted by atomic mass is 10.1. The number of benzene rings is 6. The quantitative estimate of drug-likeness (QED) is 0.221. The third-order valence-electron chi connectivity index (χ3n) is 7.84. The normalized spacial score (nSPS) is 12.7. The van der Waals surface area contributed by atoms with Crippen molar-refractivity contribution >= 4 is 44.6 Å². The summed E-state index contributed by atoms with van der Waals surface area (Å²) in [7, 11) is 0. The number of hydrogen-bond acceptors (Lipinski definition) is 3. The van der Waals surface area contributed by atoms with E-state index in [0.717, 1.165) is 35.1 Å². The van der Waals surface area contributed by atoms with Gasteiger partial charge in [-0.25, -0.2) is 0 Å². The molecule has 0 bridgehead atoms. The van der Waals surface area contributed by atoms with Crippen LogP contribution >= 0.6 is 0 Å². The van der Waals surface area contributed by atoms with Crippen LogP contribution in [-0.2, 0) is 0 Å². The minimum Gasteiger partial charge on any atom is -0.457 e. The van der Waals surface area contributed by atoms with E-state index in [0.29, 0.717) is 0 Å². The Hall–Kier alpha value is -5.48. The van der Waals surface area contributed by atoms with E-state index >= 15 is 0 Å². The molecule has 6 aromatic carbocycles. The summed E-state index contributed by atoms with van der Waals surface area (Å²) < 4.78 is 8.83. The topological polar surface area (TPSA) is 20.6 Å². The van der Waals surface area contributed by atoms with Crippen LogP contribution in [0.4, 0.5) is 22.7 Å². The molecule has 0 aliphatic carbocycles. The fraction of sp³-hybridized carbons (Fsp3) is 0.0270. The molecule has 0 atom stereocenters. The average Bonchev–Trinajstić information content (AvgIpc) is 3.58. The second-order valence-electron chi connectivity index (χ2n) is 10.3. The van der Waals surface area contributed by atoms with Crippen molar-refractivity contribution in [3.63, 3.8) is 0 Å². The number of anilines is 4. The first-order chi connectivity index (χ1) is 20.3. The first kappa shape index (κ1) is 23.4. The van der Waals surface area contributed by atoms with Gasteiger partial charge >= 0.3 is 0 Å². The van der Waals surface area contributed by atoms with E-state index in [-0.39, 0.29) is 0 Å². The van der Waals surface area contributed by atoms with Crippen LogP contribution < -0.4 is 14.5 Å². The second-order valence-corrected chi connectivity index (χ2v) is 10.3. The summed E-state index contributed by atoms with van der Waals surface area (Å²) in [6, 6.07) is 52.9. The molecule has 4 heteroatoms. The summed E-state index contributed by atoms with van der Waals surface area (Å²) >= 11 is 0. The van der Waals surface area contributed by atoms with Gasteiger partial charge in [0.05, 0.1) is 22.4 Å². The van der Waals surface area contributed by atoms with E-state index in [1.165, 1.54) is 33.4 Å². The fourth-order valence-electron chi connectivity index (χ4n) is 5.98. The molecule has 0 N–H and O–H groups in total. The predicted molar refractivity (Wildman–Crippen MR) is 169 cm³/mol. The summed E-state index contributed by atoms with van der Waals surface area (Å²) in [6.45, 7) is 0.732. The first-order valence-corrected chi connectivity index (χ1v) is 13.9. The standard InChI is InChI=1S/C37H27N3O/c1-3-12-27(13-4-1)38-26-39(36-21-10-9-20-35(36)38)29-16-11-17-30(24-29)41-31-22-23-33-32-18-7-8-19-34(32)40(37(33)25-31)28-14-5-2-6-15-28/h1-25H,26H2. The molecule has 0 unspecified atom stereocenters. The van der Waals surface area contributed by atoms with E-state index in [4.69, 9.17) is 4.74 Å². The molecule has 1 aromatic heterocycles. The number of hydrogen-bond donors (Lipinski definition) is 0. The lowest BCUT2D eigenvalue weighted by Crippen LogP contribution is -2.23. The fourth-order valence-corrected chi connectivity index (χ4v) is 5.98. The van der Waals surface area contributed by atoms with Crippen molar-refractivity contribution in [3.05, 3.63) is 152 Å². The van der Waals surface area contributed by atoms with Crippen LogP contribution in [0.15, 0.2) is 152 Å². The Morgan fingerprint density at radius 1 is 0.415 bits per heavy atom. The first-order valence-electron chi connectivity index (χ1n) is 13.9. The largest absolute Gasteiger partial charge is 0.457 e. The Morgan fingerprint density at radius 3 is 1.78 bits per heavy atom. The van der Waals surface area contributed by atoms with Crippen LogP contribution in [-0.4, -0.2) is 11.2 Å². The van der Waals surface area contributed by atoms with Gasteiger partial charge in [-0.1, -0.05) is 72.8 Å². The number of rotatable bonds is 5. The smallest absolute Gasteiger partial charge is 0.129 e. The molecule has 1 aliphatic rings. The molecular weight excluding hydrogens is 502 g/mol. The van der Waals surface area contributed by atoms with Crippen molar-refractivity contribution in [1.29, 1.82) is 0 Å². The molecule has 2 heterocycles. The summed E-state index contributed by atoms with van der Waals surface area (Å²) in [5, 5.41) is 2.44. The number of para-hydroxylation sites is 5. The molecular formula is C37H27N3O. The van der Waals surface area contributed by atoms with Crippen LogP contribution in [0, 0.1) is 0 Å². The van der Waals surface area contributed by atoms with E-state index in [9.17, 15) is 0 Å². The van der Waals surface area contributed by atoms with Gasteiger partial charge in [0.1, 0.15) is 18.2 Å². The van der Waals surface area contributed by atoms with Gasteiger partial charge in [-0.05, 0) is 66.7 Å². The molecule has 196 valence electrons. The molecule has 41 heavy (non-hydrogen) atoms. The third-order valence-corrected chi connectivity index (χ3v) is 7.84. The second kappa shape index (κ2) is 9.61. The summed E-state index contributed by atoms with van der Waals surface area (Å²) in [5.41, 5.74) is 8.09. The maximum absolute atomic E-state index is 6.52. The Balaban J connectivity index is 1.16. The van der Waals surface area contributed by atoms with Gasteiger partial charge in [0.15, 0.2) is 0 Å². The number of aromatic nitrogens is 1. The Kier molecular flexibility index (Phi) is 5.49. The van der Waals surface area contributed by atoms with Crippen molar-refractivity contribution in [1.82, 2.24) is 4.57 Å². The van der Waals surface area contributed by atoms with E-state index in [2.05, 4.69) is 160 Å². The lowest BCUT2D eigenvalue weighted by molar-refractivity contribution is 0.483. The Labute approximate surface area is 238 Å². The van der Waals surface area contributed by atoms with Gasteiger partial charge < -0.3 is 19.1 Å². The van der Waals surface area contributed by atoms with Crippen molar-refractivity contribution in [2.75, 3.05) is 16.5 Å². The van der Waals surface area contributed by atoms with Crippen LogP contribution in [0.3, 0.4) is 0 Å². The SMILES string of the molecule is c1ccc(N2CN(c3cccc(Oc4ccc5c6ccccc6n(-c6ccccc6)c5c4)c3)c3ccccc32)cc1. The molecule has 4 nitrogen and oxygen atoms in total. The molecule has 7 aromatic rings. The van der Waals surface area contributed by atoms with Crippen LogP contribution in [0.1, 0.15) is 0 Å². The molecule has 0 saturated heterocycles. The monoisotopic (exact) mass is 529 g/mol. The van der Waals surface area contributed by atoms with Crippen molar-refractivity contribution in [3.8, 4) is 17.2 Å². The molecule has 0 spiro atoms. The minimum absolute atomic E-state index is 0.732. The van der Waals surface area contributed by atoms with Gasteiger partial charge in [-0.2, -0.15) is 0 Å². The minimum atomic E-state index is 0.732. The highest BCUT2D eigenvalue weighted by atomic mass is 16.5.